The standard InChI is InChI=1S/C31H36N2O2/c1-24-11-10-16-27(21-24)23-33(30(34)20-19-25-12-4-2-5-13-25)29(22-26-14-6-3-7-15-26)31(35)32-28-17-8-9-18-28/h2-7,10-16,21,28-29H,8-9,17-20,22-23H2,1H3,(H,32,35)/t29-/m0/s1. The van der Waals surface area contributed by atoms with Crippen LogP contribution in [-0.2, 0) is 29.0 Å². The van der Waals surface area contributed by atoms with E-state index in [1.807, 2.05) is 77.7 Å². The van der Waals surface area contributed by atoms with Crippen LogP contribution in [0, 0.1) is 6.92 Å². The average molecular weight is 469 g/mol. The highest BCUT2D eigenvalue weighted by Gasteiger charge is 2.32. The van der Waals surface area contributed by atoms with Crippen LogP contribution < -0.4 is 5.32 Å². The van der Waals surface area contributed by atoms with Crippen LogP contribution in [0.3, 0.4) is 0 Å². The minimum atomic E-state index is -0.554. The summed E-state index contributed by atoms with van der Waals surface area (Å²) < 4.78 is 0. The number of aryl methyl sites for hydroxylation is 2. The molecule has 1 fully saturated rings. The molecule has 0 heterocycles. The van der Waals surface area contributed by atoms with Crippen molar-refractivity contribution in [2.45, 2.75) is 70.5 Å². The predicted molar refractivity (Wildman–Crippen MR) is 141 cm³/mol. The molecule has 0 bridgehead atoms. The maximum absolute atomic E-state index is 13.7. The molecule has 4 heteroatoms. The summed E-state index contributed by atoms with van der Waals surface area (Å²) in [6.45, 7) is 2.48. The quantitative estimate of drug-likeness (QED) is 0.419. The summed E-state index contributed by atoms with van der Waals surface area (Å²) in [5, 5.41) is 3.27. The van der Waals surface area contributed by atoms with Gasteiger partial charge in [0.05, 0.1) is 0 Å². The third-order valence-electron chi connectivity index (χ3n) is 6.88. The van der Waals surface area contributed by atoms with E-state index in [9.17, 15) is 9.59 Å². The molecule has 182 valence electrons. The first-order valence-electron chi connectivity index (χ1n) is 12.8. The zero-order chi connectivity index (χ0) is 24.5. The molecule has 0 spiro atoms. The first-order valence-corrected chi connectivity index (χ1v) is 12.8. The van der Waals surface area contributed by atoms with Gasteiger partial charge in [0, 0.05) is 25.4 Å². The van der Waals surface area contributed by atoms with Crippen molar-refractivity contribution in [3.05, 3.63) is 107 Å². The molecule has 3 aromatic rings. The van der Waals surface area contributed by atoms with Gasteiger partial charge in [0.2, 0.25) is 11.8 Å². The van der Waals surface area contributed by atoms with Crippen LogP contribution in [0.5, 0.6) is 0 Å². The SMILES string of the molecule is Cc1cccc(CN(C(=O)CCc2ccccc2)[C@@H](Cc2ccccc2)C(=O)NC2CCCC2)c1. The van der Waals surface area contributed by atoms with Gasteiger partial charge in [-0.3, -0.25) is 9.59 Å². The number of amides is 2. The molecule has 1 atom stereocenters. The van der Waals surface area contributed by atoms with Crippen molar-refractivity contribution in [3.8, 4) is 0 Å². The molecule has 0 radical (unpaired) electrons. The Morgan fingerprint density at radius 1 is 0.857 bits per heavy atom. The van der Waals surface area contributed by atoms with Crippen molar-refractivity contribution in [1.82, 2.24) is 10.2 Å². The van der Waals surface area contributed by atoms with E-state index >= 15 is 0 Å². The monoisotopic (exact) mass is 468 g/mol. The van der Waals surface area contributed by atoms with E-state index in [-0.39, 0.29) is 17.9 Å². The lowest BCUT2D eigenvalue weighted by Crippen LogP contribution is -2.52. The van der Waals surface area contributed by atoms with Crippen molar-refractivity contribution in [1.29, 1.82) is 0 Å². The molecule has 0 unspecified atom stereocenters. The number of carbonyl (C=O) groups excluding carboxylic acids is 2. The highest BCUT2D eigenvalue weighted by Crippen LogP contribution is 2.21. The first-order chi connectivity index (χ1) is 17.1. The van der Waals surface area contributed by atoms with E-state index < -0.39 is 6.04 Å². The summed E-state index contributed by atoms with van der Waals surface area (Å²) in [5.74, 6) is -0.0284. The van der Waals surface area contributed by atoms with Gasteiger partial charge in [-0.25, -0.2) is 0 Å². The Morgan fingerprint density at radius 3 is 2.14 bits per heavy atom. The van der Waals surface area contributed by atoms with Gasteiger partial charge in [0.15, 0.2) is 0 Å². The Kier molecular flexibility index (Phi) is 8.72. The molecule has 0 saturated heterocycles. The Bertz CT molecular complexity index is 1090. The first kappa shape index (κ1) is 24.7. The second kappa shape index (κ2) is 12.3. The molecule has 1 aliphatic carbocycles. The highest BCUT2D eigenvalue weighted by molar-refractivity contribution is 5.88. The zero-order valence-corrected chi connectivity index (χ0v) is 20.7. The topological polar surface area (TPSA) is 49.4 Å². The van der Waals surface area contributed by atoms with Gasteiger partial charge in [-0.15, -0.1) is 0 Å². The number of carbonyl (C=O) groups is 2. The van der Waals surface area contributed by atoms with Gasteiger partial charge in [0.25, 0.3) is 0 Å². The molecule has 4 nitrogen and oxygen atoms in total. The Labute approximate surface area is 209 Å². The molecule has 0 aliphatic heterocycles. The fourth-order valence-corrected chi connectivity index (χ4v) is 4.97. The van der Waals surface area contributed by atoms with Crippen LogP contribution in [0.15, 0.2) is 84.9 Å². The lowest BCUT2D eigenvalue weighted by molar-refractivity contribution is -0.141. The summed E-state index contributed by atoms with van der Waals surface area (Å²) in [5.41, 5.74) is 4.38. The normalized spacial score (nSPS) is 14.4. The summed E-state index contributed by atoms with van der Waals surface area (Å²) in [6.07, 6.45) is 5.87. The molecular weight excluding hydrogens is 432 g/mol. The number of nitrogens with one attached hydrogen (secondary N) is 1. The van der Waals surface area contributed by atoms with Crippen LogP contribution in [0.1, 0.15) is 54.4 Å². The number of nitrogens with zero attached hydrogens (tertiary/aromatic N) is 1. The average Bonchev–Trinajstić information content (AvgIpc) is 3.39. The molecule has 1 N–H and O–H groups in total. The van der Waals surface area contributed by atoms with Crippen molar-refractivity contribution in [2.24, 2.45) is 0 Å². The van der Waals surface area contributed by atoms with Crippen molar-refractivity contribution in [2.75, 3.05) is 0 Å². The number of benzene rings is 3. The van der Waals surface area contributed by atoms with Crippen molar-refractivity contribution < 1.29 is 9.59 Å². The summed E-state index contributed by atoms with van der Waals surface area (Å²) in [6, 6.07) is 28.0. The van der Waals surface area contributed by atoms with Gasteiger partial charge >= 0.3 is 0 Å². The Balaban J connectivity index is 1.61. The van der Waals surface area contributed by atoms with Gasteiger partial charge in [-0.2, -0.15) is 0 Å². The third kappa shape index (κ3) is 7.29. The largest absolute Gasteiger partial charge is 0.352 e. The van der Waals surface area contributed by atoms with E-state index in [2.05, 4.69) is 24.4 Å². The summed E-state index contributed by atoms with van der Waals surface area (Å²) in [4.78, 5) is 29.2. The lowest BCUT2D eigenvalue weighted by Gasteiger charge is -2.32. The van der Waals surface area contributed by atoms with Crippen LogP contribution in [0.2, 0.25) is 0 Å². The molecule has 1 saturated carbocycles. The maximum atomic E-state index is 13.7. The molecule has 2 amide bonds. The third-order valence-corrected chi connectivity index (χ3v) is 6.88. The Hall–Kier alpha value is -3.40. The minimum absolute atomic E-state index is 0.0119. The minimum Gasteiger partial charge on any atom is -0.352 e. The van der Waals surface area contributed by atoms with E-state index in [0.29, 0.717) is 25.8 Å². The van der Waals surface area contributed by atoms with Crippen molar-refractivity contribution >= 4 is 11.8 Å². The zero-order valence-electron chi connectivity index (χ0n) is 20.7. The second-order valence-electron chi connectivity index (χ2n) is 9.69. The predicted octanol–water partition coefficient (Wildman–Crippen LogP) is 5.63. The lowest BCUT2D eigenvalue weighted by atomic mass is 10.0. The van der Waals surface area contributed by atoms with E-state index in [1.165, 1.54) is 0 Å². The Morgan fingerprint density at radius 2 is 1.49 bits per heavy atom. The molecule has 1 aliphatic rings. The maximum Gasteiger partial charge on any atom is 0.243 e. The second-order valence-corrected chi connectivity index (χ2v) is 9.69. The van der Waals surface area contributed by atoms with E-state index in [0.717, 1.165) is 47.9 Å². The van der Waals surface area contributed by atoms with E-state index in [4.69, 9.17) is 0 Å². The number of hydrogen-bond donors (Lipinski definition) is 1. The van der Waals surface area contributed by atoms with Crippen LogP contribution in [0.25, 0.3) is 0 Å². The van der Waals surface area contributed by atoms with Crippen molar-refractivity contribution in [3.63, 3.8) is 0 Å². The fourth-order valence-electron chi connectivity index (χ4n) is 4.97. The summed E-state index contributed by atoms with van der Waals surface area (Å²) in [7, 11) is 0. The van der Waals surface area contributed by atoms with Gasteiger partial charge < -0.3 is 10.2 Å². The number of hydrogen-bond acceptors (Lipinski definition) is 2. The van der Waals surface area contributed by atoms with Crippen LogP contribution in [-0.4, -0.2) is 28.8 Å². The molecule has 3 aromatic carbocycles. The number of rotatable bonds is 10. The molecule has 4 rings (SSSR count). The molecular formula is C31H36N2O2. The summed E-state index contributed by atoms with van der Waals surface area (Å²) >= 11 is 0. The highest BCUT2D eigenvalue weighted by atomic mass is 16.2. The fraction of sp³-hybridized carbons (Fsp3) is 0.355. The van der Waals surface area contributed by atoms with Crippen LogP contribution >= 0.6 is 0 Å². The smallest absolute Gasteiger partial charge is 0.243 e. The van der Waals surface area contributed by atoms with Gasteiger partial charge in [-0.05, 0) is 42.9 Å². The van der Waals surface area contributed by atoms with Crippen LogP contribution in [0.4, 0.5) is 0 Å². The van der Waals surface area contributed by atoms with E-state index in [1.54, 1.807) is 0 Å². The molecule has 0 aromatic heterocycles. The molecule has 35 heavy (non-hydrogen) atoms. The van der Waals surface area contributed by atoms with Gasteiger partial charge in [0.1, 0.15) is 6.04 Å². The van der Waals surface area contributed by atoms with Gasteiger partial charge in [-0.1, -0.05) is 103 Å².